The number of rotatable bonds is 4. The fraction of sp³-hybridized carbons (Fsp3) is 0. The molecule has 0 unspecified atom stereocenters. The van der Waals surface area contributed by atoms with E-state index in [9.17, 15) is 0 Å². The molecule has 11 aromatic rings. The van der Waals surface area contributed by atoms with E-state index in [1.807, 2.05) is 72.8 Å². The lowest BCUT2D eigenvalue weighted by atomic mass is 10.1. The molecule has 4 heterocycles. The summed E-state index contributed by atoms with van der Waals surface area (Å²) in [6.45, 7) is 0. The highest BCUT2D eigenvalue weighted by molar-refractivity contribution is 6.26. The van der Waals surface area contributed by atoms with Crippen LogP contribution in [0.4, 0.5) is 0 Å². The summed E-state index contributed by atoms with van der Waals surface area (Å²) >= 11 is 0. The van der Waals surface area contributed by atoms with Crippen LogP contribution >= 0.6 is 0 Å². The van der Waals surface area contributed by atoms with Gasteiger partial charge in [-0.25, -0.2) is 4.98 Å². The second kappa shape index (κ2) is 10.7. The SMILES string of the molecule is c1ccc(-c2nc(-c3ccccc3)nc(-n3c4ccccc4c4c3ccc3c5ccccc5n(-c5ccc6oc7ccccc7c6c5)c34)n2)cc1. The number of hydrogen-bond acceptors (Lipinski definition) is 4. The third-order valence-electron chi connectivity index (χ3n) is 9.98. The van der Waals surface area contributed by atoms with E-state index in [2.05, 4.69) is 100 Å². The van der Waals surface area contributed by atoms with Crippen molar-refractivity contribution < 1.29 is 4.42 Å². The number of aromatic nitrogens is 5. The fourth-order valence-corrected chi connectivity index (χ4v) is 7.74. The van der Waals surface area contributed by atoms with Gasteiger partial charge in [0.2, 0.25) is 5.95 Å². The Morgan fingerprint density at radius 2 is 0.980 bits per heavy atom. The lowest BCUT2D eigenvalue weighted by Crippen LogP contribution is -2.06. The summed E-state index contributed by atoms with van der Waals surface area (Å²) in [6, 6.07) is 56.7. The topological polar surface area (TPSA) is 61.7 Å². The van der Waals surface area contributed by atoms with Crippen LogP contribution in [0.2, 0.25) is 0 Å². The van der Waals surface area contributed by atoms with Crippen LogP contribution in [0.25, 0.3) is 100.0 Å². The molecule has 0 aliphatic rings. The minimum Gasteiger partial charge on any atom is -0.456 e. The summed E-state index contributed by atoms with van der Waals surface area (Å²) in [5, 5.41) is 6.84. The van der Waals surface area contributed by atoms with Crippen LogP contribution in [0.15, 0.2) is 168 Å². The average molecular weight is 654 g/mol. The van der Waals surface area contributed by atoms with E-state index in [0.717, 1.165) is 71.6 Å². The Morgan fingerprint density at radius 1 is 0.392 bits per heavy atom. The summed E-state index contributed by atoms with van der Waals surface area (Å²) in [4.78, 5) is 15.3. The molecule has 0 atom stereocenters. The molecular weight excluding hydrogens is 627 g/mol. The molecule has 6 heteroatoms. The number of hydrogen-bond donors (Lipinski definition) is 0. The Hall–Kier alpha value is -7.05. The normalized spacial score (nSPS) is 11.9. The van der Waals surface area contributed by atoms with Gasteiger partial charge in [0.1, 0.15) is 11.2 Å². The maximum atomic E-state index is 6.23. The van der Waals surface area contributed by atoms with Gasteiger partial charge in [-0.15, -0.1) is 0 Å². The average Bonchev–Trinajstić information content (AvgIpc) is 3.86. The summed E-state index contributed by atoms with van der Waals surface area (Å²) in [5.74, 6) is 1.82. The number of furan rings is 1. The largest absolute Gasteiger partial charge is 0.456 e. The van der Waals surface area contributed by atoms with Crippen molar-refractivity contribution in [2.45, 2.75) is 0 Å². The number of para-hydroxylation sites is 3. The monoisotopic (exact) mass is 653 g/mol. The lowest BCUT2D eigenvalue weighted by Gasteiger charge is -2.11. The molecular formula is C45H27N5O. The maximum absolute atomic E-state index is 6.23. The Balaban J connectivity index is 1.26. The first kappa shape index (κ1) is 27.9. The van der Waals surface area contributed by atoms with E-state index in [-0.39, 0.29) is 0 Å². The predicted molar refractivity (Wildman–Crippen MR) is 207 cm³/mol. The smallest absolute Gasteiger partial charge is 0.238 e. The van der Waals surface area contributed by atoms with Crippen molar-refractivity contribution in [1.29, 1.82) is 0 Å². The van der Waals surface area contributed by atoms with Gasteiger partial charge >= 0.3 is 0 Å². The molecule has 0 bridgehead atoms. The van der Waals surface area contributed by atoms with Crippen molar-refractivity contribution in [3.8, 4) is 34.4 Å². The van der Waals surface area contributed by atoms with E-state index in [1.165, 1.54) is 10.8 Å². The molecule has 51 heavy (non-hydrogen) atoms. The van der Waals surface area contributed by atoms with Gasteiger partial charge in [0, 0.05) is 49.1 Å². The molecule has 0 amide bonds. The third kappa shape index (κ3) is 4.14. The van der Waals surface area contributed by atoms with Crippen molar-refractivity contribution in [2.24, 2.45) is 0 Å². The molecule has 0 aliphatic heterocycles. The molecule has 0 radical (unpaired) electrons. The Kier molecular flexibility index (Phi) is 5.86. The molecule has 6 nitrogen and oxygen atoms in total. The minimum atomic E-state index is 0.571. The van der Waals surface area contributed by atoms with Crippen LogP contribution in [0.3, 0.4) is 0 Å². The molecule has 4 aromatic heterocycles. The molecule has 238 valence electrons. The molecule has 7 aromatic carbocycles. The number of benzene rings is 7. The highest BCUT2D eigenvalue weighted by Crippen LogP contribution is 2.42. The zero-order valence-corrected chi connectivity index (χ0v) is 27.2. The molecule has 0 saturated heterocycles. The summed E-state index contributed by atoms with van der Waals surface area (Å²) in [6.07, 6.45) is 0. The Bertz CT molecular complexity index is 3080. The predicted octanol–water partition coefficient (Wildman–Crippen LogP) is 11.3. The zero-order valence-electron chi connectivity index (χ0n) is 27.2. The van der Waals surface area contributed by atoms with Gasteiger partial charge < -0.3 is 8.98 Å². The molecule has 0 spiro atoms. The van der Waals surface area contributed by atoms with Gasteiger partial charge in [-0.05, 0) is 42.5 Å². The Labute approximate surface area is 291 Å². The summed E-state index contributed by atoms with van der Waals surface area (Å²) in [7, 11) is 0. The first-order chi connectivity index (χ1) is 25.3. The highest BCUT2D eigenvalue weighted by atomic mass is 16.3. The van der Waals surface area contributed by atoms with Gasteiger partial charge in [0.15, 0.2) is 11.6 Å². The van der Waals surface area contributed by atoms with Crippen molar-refractivity contribution in [2.75, 3.05) is 0 Å². The zero-order chi connectivity index (χ0) is 33.5. The highest BCUT2D eigenvalue weighted by Gasteiger charge is 2.23. The van der Waals surface area contributed by atoms with Gasteiger partial charge in [-0.1, -0.05) is 121 Å². The van der Waals surface area contributed by atoms with E-state index in [1.54, 1.807) is 0 Å². The summed E-state index contributed by atoms with van der Waals surface area (Å²) < 4.78 is 10.8. The second-order valence-corrected chi connectivity index (χ2v) is 12.9. The van der Waals surface area contributed by atoms with Crippen LogP contribution < -0.4 is 0 Å². The van der Waals surface area contributed by atoms with Crippen molar-refractivity contribution in [3.05, 3.63) is 164 Å². The number of fused-ring (bicyclic) bond motifs is 10. The van der Waals surface area contributed by atoms with Gasteiger partial charge in [0.25, 0.3) is 0 Å². The van der Waals surface area contributed by atoms with Gasteiger partial charge in [0.05, 0.1) is 22.1 Å². The van der Waals surface area contributed by atoms with Crippen molar-refractivity contribution in [3.63, 3.8) is 0 Å². The first-order valence-corrected chi connectivity index (χ1v) is 17.0. The Morgan fingerprint density at radius 3 is 1.71 bits per heavy atom. The van der Waals surface area contributed by atoms with Crippen LogP contribution in [-0.4, -0.2) is 24.1 Å². The molecule has 0 saturated carbocycles. The minimum absolute atomic E-state index is 0.571. The third-order valence-corrected chi connectivity index (χ3v) is 9.98. The van der Waals surface area contributed by atoms with Crippen LogP contribution in [-0.2, 0) is 0 Å². The summed E-state index contributed by atoms with van der Waals surface area (Å²) in [5.41, 5.74) is 9.03. The van der Waals surface area contributed by atoms with E-state index >= 15 is 0 Å². The van der Waals surface area contributed by atoms with Crippen molar-refractivity contribution >= 4 is 65.6 Å². The lowest BCUT2D eigenvalue weighted by molar-refractivity contribution is 0.669. The quantitative estimate of drug-likeness (QED) is 0.190. The molecule has 0 fully saturated rings. The van der Waals surface area contributed by atoms with Gasteiger partial charge in [-0.3, -0.25) is 4.57 Å². The van der Waals surface area contributed by atoms with E-state index in [4.69, 9.17) is 19.4 Å². The van der Waals surface area contributed by atoms with Crippen molar-refractivity contribution in [1.82, 2.24) is 24.1 Å². The van der Waals surface area contributed by atoms with Crippen LogP contribution in [0.5, 0.6) is 0 Å². The standard InChI is InChI=1S/C45H27N5O/c1-3-13-28(14-4-1)43-46-44(29-15-5-2-6-16-29)48-45(47-43)50-37-21-11-8-19-34(37)41-38(50)25-24-33-31-17-7-10-20-36(31)49(42(33)41)30-23-26-40-35(27-30)32-18-9-12-22-39(32)51-40/h1-27H. The van der Waals surface area contributed by atoms with E-state index < -0.39 is 0 Å². The van der Waals surface area contributed by atoms with Crippen LogP contribution in [0.1, 0.15) is 0 Å². The second-order valence-electron chi connectivity index (χ2n) is 12.9. The molecule has 0 aliphatic carbocycles. The molecule has 11 rings (SSSR count). The first-order valence-electron chi connectivity index (χ1n) is 17.0. The molecule has 0 N–H and O–H groups in total. The maximum Gasteiger partial charge on any atom is 0.238 e. The van der Waals surface area contributed by atoms with Gasteiger partial charge in [-0.2, -0.15) is 9.97 Å². The van der Waals surface area contributed by atoms with Crippen LogP contribution in [0, 0.1) is 0 Å². The fourth-order valence-electron chi connectivity index (χ4n) is 7.74. The number of nitrogens with zero attached hydrogens (tertiary/aromatic N) is 5. The van der Waals surface area contributed by atoms with E-state index in [0.29, 0.717) is 17.6 Å².